The Balaban J connectivity index is 2.02. The maximum atomic E-state index is 5.79. The third-order valence-corrected chi connectivity index (χ3v) is 5.16. The van der Waals surface area contributed by atoms with Crippen molar-refractivity contribution in [3.05, 3.63) is 42.0 Å². The second kappa shape index (κ2) is 8.50. The van der Waals surface area contributed by atoms with Crippen LogP contribution in [0.25, 0.3) is 10.8 Å². The monoisotopic (exact) mass is 326 g/mol. The first-order chi connectivity index (χ1) is 11.8. The van der Waals surface area contributed by atoms with Crippen molar-refractivity contribution in [2.24, 2.45) is 0 Å². The van der Waals surface area contributed by atoms with Gasteiger partial charge in [-0.15, -0.1) is 0 Å². The van der Waals surface area contributed by atoms with Gasteiger partial charge < -0.3 is 10.1 Å². The molecule has 1 N–H and O–H groups in total. The van der Waals surface area contributed by atoms with Gasteiger partial charge in [0.05, 0.1) is 7.11 Å². The quantitative estimate of drug-likeness (QED) is 0.764. The largest absolute Gasteiger partial charge is 0.496 e. The van der Waals surface area contributed by atoms with Crippen molar-refractivity contribution >= 4 is 10.8 Å². The van der Waals surface area contributed by atoms with Crippen molar-refractivity contribution in [2.45, 2.75) is 38.6 Å². The van der Waals surface area contributed by atoms with Crippen LogP contribution in [0.1, 0.15) is 44.2 Å². The fraction of sp³-hybridized carbons (Fsp3) is 0.524. The number of hydrogen-bond donors (Lipinski definition) is 1. The van der Waals surface area contributed by atoms with Crippen molar-refractivity contribution < 1.29 is 4.74 Å². The average Bonchev–Trinajstić information content (AvgIpc) is 2.65. The van der Waals surface area contributed by atoms with Crippen LogP contribution >= 0.6 is 0 Å². The van der Waals surface area contributed by atoms with Crippen molar-refractivity contribution in [3.8, 4) is 5.75 Å². The van der Waals surface area contributed by atoms with Crippen molar-refractivity contribution in [1.82, 2.24) is 10.2 Å². The summed E-state index contributed by atoms with van der Waals surface area (Å²) in [5.74, 6) is 1.04. The van der Waals surface area contributed by atoms with Crippen LogP contribution in [0.4, 0.5) is 0 Å². The molecule has 0 unspecified atom stereocenters. The lowest BCUT2D eigenvalue weighted by Crippen LogP contribution is -2.45. The molecule has 3 heteroatoms. The summed E-state index contributed by atoms with van der Waals surface area (Å²) in [5, 5.41) is 6.13. The van der Waals surface area contributed by atoms with Gasteiger partial charge in [-0.1, -0.05) is 56.5 Å². The van der Waals surface area contributed by atoms with Crippen LogP contribution in [0.2, 0.25) is 0 Å². The van der Waals surface area contributed by atoms with Gasteiger partial charge in [0.2, 0.25) is 0 Å². The number of nitrogens with one attached hydrogen (secondary N) is 1. The number of piperazine rings is 1. The predicted octanol–water partition coefficient (Wildman–Crippen LogP) is 4.38. The van der Waals surface area contributed by atoms with E-state index in [2.05, 4.69) is 53.5 Å². The Bertz CT molecular complexity index is 649. The first kappa shape index (κ1) is 17.2. The van der Waals surface area contributed by atoms with E-state index in [9.17, 15) is 0 Å². The molecule has 1 saturated heterocycles. The molecule has 0 aromatic heterocycles. The summed E-state index contributed by atoms with van der Waals surface area (Å²) in [6.45, 7) is 6.67. The number of nitrogens with zero attached hydrogens (tertiary/aromatic N) is 1. The molecule has 1 aliphatic rings. The van der Waals surface area contributed by atoms with Crippen LogP contribution in [0.3, 0.4) is 0 Å². The normalized spacial score (nSPS) is 17.1. The van der Waals surface area contributed by atoms with Gasteiger partial charge in [-0.2, -0.15) is 0 Å². The Morgan fingerprint density at radius 3 is 2.62 bits per heavy atom. The predicted molar refractivity (Wildman–Crippen MR) is 102 cm³/mol. The van der Waals surface area contributed by atoms with Crippen LogP contribution < -0.4 is 10.1 Å². The van der Waals surface area contributed by atoms with Crippen LogP contribution in [-0.2, 0) is 0 Å². The van der Waals surface area contributed by atoms with E-state index in [1.54, 1.807) is 7.11 Å². The van der Waals surface area contributed by atoms with Gasteiger partial charge in [0.15, 0.2) is 0 Å². The zero-order valence-electron chi connectivity index (χ0n) is 15.1. The fourth-order valence-electron chi connectivity index (χ4n) is 3.89. The number of ether oxygens (including phenoxy) is 1. The molecule has 1 fully saturated rings. The molecule has 24 heavy (non-hydrogen) atoms. The Labute approximate surface area is 146 Å². The highest BCUT2D eigenvalue weighted by Crippen LogP contribution is 2.38. The molecule has 0 radical (unpaired) electrons. The van der Waals surface area contributed by atoms with Gasteiger partial charge in [-0.05, 0) is 23.3 Å². The summed E-state index contributed by atoms with van der Waals surface area (Å²) in [7, 11) is 1.80. The first-order valence-electron chi connectivity index (χ1n) is 9.35. The Kier molecular flexibility index (Phi) is 6.11. The van der Waals surface area contributed by atoms with Crippen LogP contribution in [0.15, 0.2) is 36.4 Å². The maximum Gasteiger partial charge on any atom is 0.124 e. The molecule has 0 spiro atoms. The second-order valence-electron chi connectivity index (χ2n) is 6.70. The van der Waals surface area contributed by atoms with Gasteiger partial charge >= 0.3 is 0 Å². The Hall–Kier alpha value is -1.58. The van der Waals surface area contributed by atoms with Crippen molar-refractivity contribution in [2.75, 3.05) is 33.3 Å². The number of unbranched alkanes of at least 4 members (excludes halogenated alkanes) is 2. The molecule has 1 aliphatic heterocycles. The zero-order chi connectivity index (χ0) is 16.8. The third kappa shape index (κ3) is 3.73. The van der Waals surface area contributed by atoms with E-state index in [0.29, 0.717) is 6.04 Å². The molecule has 0 aliphatic carbocycles. The highest BCUT2D eigenvalue weighted by atomic mass is 16.5. The maximum absolute atomic E-state index is 5.79. The molecular formula is C21H30N2O. The van der Waals surface area contributed by atoms with Crippen LogP contribution in [0, 0.1) is 0 Å². The molecule has 2 aromatic rings. The third-order valence-electron chi connectivity index (χ3n) is 5.16. The lowest BCUT2D eigenvalue weighted by molar-refractivity contribution is 0.161. The molecular weight excluding hydrogens is 296 g/mol. The highest BCUT2D eigenvalue weighted by Gasteiger charge is 2.26. The SMILES string of the molecule is CCCCC[C@@H](c1c(OC)ccc2ccccc12)N1CCNCC1. The smallest absolute Gasteiger partial charge is 0.124 e. The minimum absolute atomic E-state index is 0.444. The summed E-state index contributed by atoms with van der Waals surface area (Å²) in [5.41, 5.74) is 1.38. The number of hydrogen-bond acceptors (Lipinski definition) is 3. The lowest BCUT2D eigenvalue weighted by atomic mass is 9.92. The van der Waals surface area contributed by atoms with Gasteiger partial charge in [-0.25, -0.2) is 0 Å². The molecule has 0 bridgehead atoms. The van der Waals surface area contributed by atoms with Crippen molar-refractivity contribution in [3.63, 3.8) is 0 Å². The standard InChI is InChI=1S/C21H30N2O/c1-3-4-5-10-19(23-15-13-22-14-16-23)21-18-9-7-6-8-17(18)11-12-20(21)24-2/h6-9,11-12,19,22H,3-5,10,13-16H2,1-2H3/t19-/m0/s1. The molecule has 3 rings (SSSR count). The van der Waals surface area contributed by atoms with E-state index in [0.717, 1.165) is 31.9 Å². The van der Waals surface area contributed by atoms with Gasteiger partial charge in [0.25, 0.3) is 0 Å². The highest BCUT2D eigenvalue weighted by molar-refractivity contribution is 5.88. The van der Waals surface area contributed by atoms with Crippen LogP contribution in [0.5, 0.6) is 5.75 Å². The van der Waals surface area contributed by atoms with Gasteiger partial charge in [0.1, 0.15) is 5.75 Å². The van der Waals surface area contributed by atoms with E-state index in [4.69, 9.17) is 4.74 Å². The summed E-state index contributed by atoms with van der Waals surface area (Å²) in [4.78, 5) is 2.65. The summed E-state index contributed by atoms with van der Waals surface area (Å²) in [6.07, 6.45) is 5.05. The molecule has 130 valence electrons. The summed E-state index contributed by atoms with van der Waals surface area (Å²) >= 11 is 0. The van der Waals surface area contributed by atoms with E-state index in [1.165, 1.54) is 42.0 Å². The van der Waals surface area contributed by atoms with E-state index in [1.807, 2.05) is 0 Å². The minimum atomic E-state index is 0.444. The second-order valence-corrected chi connectivity index (χ2v) is 6.70. The average molecular weight is 326 g/mol. The summed E-state index contributed by atoms with van der Waals surface area (Å²) in [6, 6.07) is 13.5. The number of methoxy groups -OCH3 is 1. The lowest BCUT2D eigenvalue weighted by Gasteiger charge is -2.36. The van der Waals surface area contributed by atoms with Gasteiger partial charge in [-0.3, -0.25) is 4.90 Å². The molecule has 0 saturated carbocycles. The topological polar surface area (TPSA) is 24.5 Å². The molecule has 2 aromatic carbocycles. The Morgan fingerprint density at radius 1 is 1.08 bits per heavy atom. The Morgan fingerprint density at radius 2 is 1.88 bits per heavy atom. The van der Waals surface area contributed by atoms with E-state index >= 15 is 0 Å². The van der Waals surface area contributed by atoms with Crippen molar-refractivity contribution in [1.29, 1.82) is 0 Å². The molecule has 1 atom stereocenters. The summed E-state index contributed by atoms with van der Waals surface area (Å²) < 4.78 is 5.79. The molecule has 0 amide bonds. The van der Waals surface area contributed by atoms with Crippen LogP contribution in [-0.4, -0.2) is 38.2 Å². The number of fused-ring (bicyclic) bond motifs is 1. The van der Waals surface area contributed by atoms with E-state index in [-0.39, 0.29) is 0 Å². The van der Waals surface area contributed by atoms with E-state index < -0.39 is 0 Å². The first-order valence-corrected chi connectivity index (χ1v) is 9.35. The molecule has 1 heterocycles. The zero-order valence-corrected chi connectivity index (χ0v) is 15.1. The fourth-order valence-corrected chi connectivity index (χ4v) is 3.89. The number of benzene rings is 2. The molecule has 3 nitrogen and oxygen atoms in total. The minimum Gasteiger partial charge on any atom is -0.496 e. The number of rotatable bonds is 7. The van der Waals surface area contributed by atoms with Gasteiger partial charge in [0, 0.05) is 37.8 Å².